The summed E-state index contributed by atoms with van der Waals surface area (Å²) in [5.74, 6) is 0. The number of hydrogen-bond donors (Lipinski definition) is 1. The van der Waals surface area contributed by atoms with Crippen molar-refractivity contribution in [3.05, 3.63) is 36.6 Å². The van der Waals surface area contributed by atoms with Gasteiger partial charge in [-0.15, -0.1) is 5.11 Å². The van der Waals surface area contributed by atoms with Crippen molar-refractivity contribution in [2.45, 2.75) is 6.92 Å². The molecule has 3 nitrogen and oxygen atoms in total. The Morgan fingerprint density at radius 2 is 2.27 bits per heavy atom. The Morgan fingerprint density at radius 3 is 2.82 bits per heavy atom. The van der Waals surface area contributed by atoms with Crippen LogP contribution in [0.25, 0.3) is 0 Å². The third-order valence-corrected chi connectivity index (χ3v) is 0.929. The van der Waals surface area contributed by atoms with E-state index in [0.29, 0.717) is 0 Å². The van der Waals surface area contributed by atoms with Crippen molar-refractivity contribution < 1.29 is 0 Å². The van der Waals surface area contributed by atoms with Crippen LogP contribution in [0.4, 0.5) is 0 Å². The molecule has 0 saturated carbocycles. The highest BCUT2D eigenvalue weighted by Gasteiger charge is 1.74. The quantitative estimate of drug-likeness (QED) is 0.276. The fourth-order valence-electron chi connectivity index (χ4n) is 0.474. The molecule has 0 saturated heterocycles. The van der Waals surface area contributed by atoms with E-state index < -0.39 is 0 Å². The molecule has 3 heteroatoms. The number of rotatable bonds is 4. The molecule has 0 heterocycles. The first kappa shape index (κ1) is 9.49. The van der Waals surface area contributed by atoms with E-state index >= 15 is 0 Å². The van der Waals surface area contributed by atoms with Crippen molar-refractivity contribution in [2.24, 2.45) is 10.1 Å². The van der Waals surface area contributed by atoms with Gasteiger partial charge in [-0.2, -0.15) is 0 Å². The molecule has 0 unspecified atom stereocenters. The second-order valence-electron chi connectivity index (χ2n) is 1.86. The van der Waals surface area contributed by atoms with Gasteiger partial charge in [0.15, 0.2) is 0 Å². The molecule has 0 fully saturated rings. The van der Waals surface area contributed by atoms with Gasteiger partial charge in [0.05, 0.1) is 0 Å². The Balaban J connectivity index is 3.91. The standard InChI is InChI=1S/C8H11N3/c1-3-4-8(2)5-6-10-7-11-9/h3-7,9H,1H2,2H3/b6-5-,8-4+,10-7?,11-9?. The Morgan fingerprint density at radius 1 is 1.55 bits per heavy atom. The third kappa shape index (κ3) is 6.37. The summed E-state index contributed by atoms with van der Waals surface area (Å²) in [6.07, 6.45) is 8.12. The summed E-state index contributed by atoms with van der Waals surface area (Å²) in [6, 6.07) is 0. The molecule has 0 aromatic heterocycles. The minimum absolute atomic E-state index is 1.06. The summed E-state index contributed by atoms with van der Waals surface area (Å²) in [5.41, 5.74) is 7.44. The minimum Gasteiger partial charge on any atom is -0.243 e. The van der Waals surface area contributed by atoms with Gasteiger partial charge in [0.25, 0.3) is 0 Å². The van der Waals surface area contributed by atoms with Crippen molar-refractivity contribution in [2.75, 3.05) is 0 Å². The molecule has 0 bridgehead atoms. The van der Waals surface area contributed by atoms with Crippen LogP contribution < -0.4 is 0 Å². The summed E-state index contributed by atoms with van der Waals surface area (Å²) in [6.45, 7) is 5.48. The average Bonchev–Trinajstić information content (AvgIpc) is 1.99. The van der Waals surface area contributed by atoms with Gasteiger partial charge < -0.3 is 0 Å². The fourth-order valence-corrected chi connectivity index (χ4v) is 0.474. The Hall–Kier alpha value is -1.51. The van der Waals surface area contributed by atoms with Crippen molar-refractivity contribution in [3.8, 4) is 0 Å². The SMILES string of the molecule is C=C/C=C(C)/C=C\N=CN=N. The van der Waals surface area contributed by atoms with E-state index in [1.54, 1.807) is 12.3 Å². The second kappa shape index (κ2) is 6.61. The highest BCUT2D eigenvalue weighted by atomic mass is 15.0. The second-order valence-corrected chi connectivity index (χ2v) is 1.86. The summed E-state index contributed by atoms with van der Waals surface area (Å²) in [4.78, 5) is 3.68. The monoisotopic (exact) mass is 149 g/mol. The maximum atomic E-state index is 6.38. The van der Waals surface area contributed by atoms with Gasteiger partial charge in [-0.1, -0.05) is 18.7 Å². The Labute approximate surface area is 66.4 Å². The number of allylic oxidation sites excluding steroid dienone is 4. The van der Waals surface area contributed by atoms with Crippen LogP contribution in [0.5, 0.6) is 0 Å². The summed E-state index contributed by atoms with van der Waals surface area (Å²) < 4.78 is 0. The summed E-state index contributed by atoms with van der Waals surface area (Å²) >= 11 is 0. The zero-order valence-corrected chi connectivity index (χ0v) is 6.49. The normalized spacial score (nSPS) is 12.6. The molecule has 0 aromatic rings. The topological polar surface area (TPSA) is 48.6 Å². The highest BCUT2D eigenvalue weighted by molar-refractivity contribution is 5.54. The molecule has 0 spiro atoms. The average molecular weight is 149 g/mol. The van der Waals surface area contributed by atoms with E-state index in [0.717, 1.165) is 11.9 Å². The molecule has 0 aromatic carbocycles. The van der Waals surface area contributed by atoms with E-state index in [9.17, 15) is 0 Å². The molecule has 0 rings (SSSR count). The predicted octanol–water partition coefficient (Wildman–Crippen LogP) is 2.69. The lowest BCUT2D eigenvalue weighted by atomic mass is 10.3. The molecule has 0 atom stereocenters. The fraction of sp³-hybridized carbons (Fsp3) is 0.125. The van der Waals surface area contributed by atoms with Gasteiger partial charge in [0.2, 0.25) is 0 Å². The maximum Gasteiger partial charge on any atom is 0.137 e. The van der Waals surface area contributed by atoms with Crippen LogP contribution in [-0.2, 0) is 0 Å². The lowest BCUT2D eigenvalue weighted by Crippen LogP contribution is -1.64. The lowest BCUT2D eigenvalue weighted by Gasteiger charge is -1.83. The molecule has 0 aliphatic rings. The maximum absolute atomic E-state index is 6.38. The molecule has 0 amide bonds. The molecule has 58 valence electrons. The van der Waals surface area contributed by atoms with Gasteiger partial charge in [0, 0.05) is 6.20 Å². The van der Waals surface area contributed by atoms with Crippen molar-refractivity contribution in [1.29, 1.82) is 5.53 Å². The smallest absolute Gasteiger partial charge is 0.137 e. The highest BCUT2D eigenvalue weighted by Crippen LogP contribution is 1.94. The molecule has 0 radical (unpaired) electrons. The van der Waals surface area contributed by atoms with E-state index in [1.807, 2.05) is 19.1 Å². The molecule has 11 heavy (non-hydrogen) atoms. The first-order valence-electron chi connectivity index (χ1n) is 3.15. The third-order valence-electron chi connectivity index (χ3n) is 0.929. The van der Waals surface area contributed by atoms with Crippen LogP contribution in [-0.4, -0.2) is 6.34 Å². The predicted molar refractivity (Wildman–Crippen MR) is 46.7 cm³/mol. The zero-order valence-electron chi connectivity index (χ0n) is 6.49. The van der Waals surface area contributed by atoms with Gasteiger partial charge >= 0.3 is 0 Å². The van der Waals surface area contributed by atoms with Crippen molar-refractivity contribution >= 4 is 6.34 Å². The number of nitrogens with one attached hydrogen (secondary N) is 1. The zero-order chi connectivity index (χ0) is 8.53. The van der Waals surface area contributed by atoms with Gasteiger partial charge in [0.1, 0.15) is 6.34 Å². The summed E-state index contributed by atoms with van der Waals surface area (Å²) in [7, 11) is 0. The molecule has 1 N–H and O–H groups in total. The molecular formula is C8H11N3. The number of hydrogen-bond acceptors (Lipinski definition) is 2. The van der Waals surface area contributed by atoms with Crippen molar-refractivity contribution in [3.63, 3.8) is 0 Å². The van der Waals surface area contributed by atoms with Crippen LogP contribution in [0, 0.1) is 5.53 Å². The van der Waals surface area contributed by atoms with Crippen LogP contribution in [0.1, 0.15) is 6.92 Å². The molecular weight excluding hydrogens is 138 g/mol. The first-order valence-corrected chi connectivity index (χ1v) is 3.15. The number of aliphatic imine (C=N–C) groups is 1. The van der Waals surface area contributed by atoms with Crippen LogP contribution in [0.2, 0.25) is 0 Å². The van der Waals surface area contributed by atoms with Gasteiger partial charge in [-0.25, -0.2) is 10.5 Å². The van der Waals surface area contributed by atoms with Crippen molar-refractivity contribution in [1.82, 2.24) is 0 Å². The largest absolute Gasteiger partial charge is 0.243 e. The Kier molecular flexibility index (Phi) is 5.70. The van der Waals surface area contributed by atoms with Gasteiger partial charge in [-0.05, 0) is 18.6 Å². The van der Waals surface area contributed by atoms with Crippen LogP contribution in [0.3, 0.4) is 0 Å². The van der Waals surface area contributed by atoms with E-state index in [4.69, 9.17) is 5.53 Å². The summed E-state index contributed by atoms with van der Waals surface area (Å²) in [5, 5.41) is 2.95. The number of nitrogens with zero attached hydrogens (tertiary/aromatic N) is 2. The van der Waals surface area contributed by atoms with Crippen LogP contribution in [0.15, 0.2) is 46.7 Å². The van der Waals surface area contributed by atoms with E-state index in [-0.39, 0.29) is 0 Å². The van der Waals surface area contributed by atoms with Gasteiger partial charge in [-0.3, -0.25) is 0 Å². The Bertz CT molecular complexity index is 211. The minimum atomic E-state index is 1.06. The lowest BCUT2D eigenvalue weighted by molar-refractivity contribution is 1.20. The van der Waals surface area contributed by atoms with Crippen LogP contribution >= 0.6 is 0 Å². The van der Waals surface area contributed by atoms with E-state index in [2.05, 4.69) is 16.7 Å². The molecule has 0 aliphatic heterocycles. The van der Waals surface area contributed by atoms with E-state index in [1.165, 1.54) is 0 Å². The first-order chi connectivity index (χ1) is 5.31. The molecule has 0 aliphatic carbocycles.